The number of alkyl carbamates (subject to hydrolysis) is 1. The normalized spacial score (nSPS) is 16.8. The second kappa shape index (κ2) is 9.53. The summed E-state index contributed by atoms with van der Waals surface area (Å²) < 4.78 is 9.45. The first-order valence-corrected chi connectivity index (χ1v) is 8.78. The predicted molar refractivity (Wildman–Crippen MR) is 98.2 cm³/mol. The summed E-state index contributed by atoms with van der Waals surface area (Å²) in [6, 6.07) is 4.06. The van der Waals surface area contributed by atoms with Gasteiger partial charge in [-0.3, -0.25) is 9.59 Å². The minimum atomic E-state index is -1.17. The van der Waals surface area contributed by atoms with Gasteiger partial charge in [0.25, 0.3) is 5.91 Å². The molecule has 1 aromatic rings. The number of esters is 1. The molecular weight excluding hydrogens is 386 g/mol. The minimum absolute atomic E-state index is 0.0442. The van der Waals surface area contributed by atoms with Gasteiger partial charge in [0.2, 0.25) is 6.29 Å². The Kier molecular flexibility index (Phi) is 7.12. The molecule has 0 radical (unpaired) electrons. The molecule has 1 saturated heterocycles. The number of imide groups is 1. The lowest BCUT2D eigenvalue weighted by molar-refractivity contribution is -0.162. The monoisotopic (exact) mass is 407 g/mol. The first kappa shape index (κ1) is 21.7. The maximum Gasteiger partial charge on any atom is 0.410 e. The van der Waals surface area contributed by atoms with Crippen LogP contribution >= 0.6 is 0 Å². The number of rotatable bonds is 8. The largest absolute Gasteiger partial charge is 0.478 e. The molecule has 1 aliphatic heterocycles. The average Bonchev–Trinajstić information content (AvgIpc) is 2.91. The number of benzene rings is 1. The van der Waals surface area contributed by atoms with Crippen LogP contribution in [0.3, 0.4) is 0 Å². The van der Waals surface area contributed by atoms with Crippen molar-refractivity contribution < 1.29 is 38.6 Å². The molecule has 1 unspecified atom stereocenters. The number of urea groups is 1. The van der Waals surface area contributed by atoms with E-state index >= 15 is 0 Å². The van der Waals surface area contributed by atoms with Crippen LogP contribution in [0.5, 0.6) is 0 Å². The van der Waals surface area contributed by atoms with Gasteiger partial charge in [0.05, 0.1) is 11.3 Å². The highest BCUT2D eigenvalue weighted by atomic mass is 16.7. The molecule has 3 N–H and O–H groups in total. The number of aromatic carboxylic acids is 1. The van der Waals surface area contributed by atoms with E-state index in [1.807, 2.05) is 0 Å². The summed E-state index contributed by atoms with van der Waals surface area (Å²) in [5, 5.41) is 14.0. The number of carboxylic acid groups (broad SMARTS) is 1. The highest BCUT2D eigenvalue weighted by Gasteiger charge is 2.38. The molecule has 11 nitrogen and oxygen atoms in total. The molecule has 1 fully saturated rings. The van der Waals surface area contributed by atoms with Crippen molar-refractivity contribution in [2.45, 2.75) is 39.0 Å². The Labute approximate surface area is 165 Å². The highest BCUT2D eigenvalue weighted by Crippen LogP contribution is 2.22. The third-order valence-electron chi connectivity index (χ3n) is 3.91. The van der Waals surface area contributed by atoms with Crippen LogP contribution in [-0.4, -0.2) is 54.0 Å². The van der Waals surface area contributed by atoms with E-state index in [1.165, 1.54) is 38.1 Å². The smallest absolute Gasteiger partial charge is 0.410 e. The summed E-state index contributed by atoms with van der Waals surface area (Å²) in [6.45, 7) is 2.74. The number of anilines is 1. The lowest BCUT2D eigenvalue weighted by atomic mass is 10.1. The number of hydrogen-bond acceptors (Lipinski definition) is 7. The zero-order chi connectivity index (χ0) is 21.6. The van der Waals surface area contributed by atoms with Gasteiger partial charge < -0.3 is 25.2 Å². The van der Waals surface area contributed by atoms with Crippen molar-refractivity contribution in [1.29, 1.82) is 0 Å². The molecule has 1 heterocycles. The molecule has 0 aliphatic carbocycles. The van der Waals surface area contributed by atoms with Gasteiger partial charge >= 0.3 is 24.1 Å². The summed E-state index contributed by atoms with van der Waals surface area (Å²) >= 11 is 0. The van der Waals surface area contributed by atoms with Crippen LogP contribution in [-0.2, 0) is 19.1 Å². The SMILES string of the molecule is CC(=O)O[C@H](C)OC(=O)NCCCC1NC(=O)N(c2cccc(C(=O)O)c2)C1=O. The molecule has 2 atom stereocenters. The summed E-state index contributed by atoms with van der Waals surface area (Å²) in [4.78, 5) is 58.9. The first-order chi connectivity index (χ1) is 13.7. The number of ether oxygens (including phenoxy) is 2. The van der Waals surface area contributed by atoms with E-state index in [1.54, 1.807) is 0 Å². The summed E-state index contributed by atoms with van der Waals surface area (Å²) in [6.07, 6.45) is -1.21. The lowest BCUT2D eigenvalue weighted by Crippen LogP contribution is -2.33. The Bertz CT molecular complexity index is 825. The number of carboxylic acids is 1. The van der Waals surface area contributed by atoms with Crippen LogP contribution in [0.15, 0.2) is 24.3 Å². The molecular formula is C18H21N3O8. The second-order valence-electron chi connectivity index (χ2n) is 6.18. The van der Waals surface area contributed by atoms with Gasteiger partial charge in [-0.25, -0.2) is 19.3 Å². The maximum absolute atomic E-state index is 12.5. The third kappa shape index (κ3) is 5.92. The molecule has 0 spiro atoms. The van der Waals surface area contributed by atoms with E-state index in [4.69, 9.17) is 9.84 Å². The van der Waals surface area contributed by atoms with E-state index in [2.05, 4.69) is 15.4 Å². The fraction of sp³-hybridized carbons (Fsp3) is 0.389. The predicted octanol–water partition coefficient (Wildman–Crippen LogP) is 1.23. The molecule has 0 saturated carbocycles. The van der Waals surface area contributed by atoms with E-state index in [-0.39, 0.29) is 24.2 Å². The summed E-state index contributed by atoms with van der Waals surface area (Å²) in [7, 11) is 0. The summed E-state index contributed by atoms with van der Waals surface area (Å²) in [5.74, 6) is -2.26. The second-order valence-corrected chi connectivity index (χ2v) is 6.18. The van der Waals surface area contributed by atoms with Gasteiger partial charge in [0.1, 0.15) is 6.04 Å². The Morgan fingerprint density at radius 1 is 1.28 bits per heavy atom. The van der Waals surface area contributed by atoms with Gasteiger partial charge in [-0.1, -0.05) is 6.07 Å². The molecule has 0 bridgehead atoms. The van der Waals surface area contributed by atoms with Crippen LogP contribution in [0.2, 0.25) is 0 Å². The van der Waals surface area contributed by atoms with Gasteiger partial charge in [-0.05, 0) is 31.0 Å². The fourth-order valence-electron chi connectivity index (χ4n) is 2.70. The maximum atomic E-state index is 12.5. The van der Waals surface area contributed by atoms with Gasteiger partial charge in [-0.15, -0.1) is 0 Å². The molecule has 0 aromatic heterocycles. The number of amides is 4. The Morgan fingerprint density at radius 3 is 2.66 bits per heavy atom. The Morgan fingerprint density at radius 2 is 2.00 bits per heavy atom. The first-order valence-electron chi connectivity index (χ1n) is 8.78. The van der Waals surface area contributed by atoms with Gasteiger partial charge in [0.15, 0.2) is 0 Å². The molecule has 2 rings (SSSR count). The lowest BCUT2D eigenvalue weighted by Gasteiger charge is -2.14. The fourth-order valence-corrected chi connectivity index (χ4v) is 2.70. The van der Waals surface area contributed by atoms with E-state index in [0.29, 0.717) is 6.42 Å². The molecule has 1 aliphatic rings. The van der Waals surface area contributed by atoms with E-state index in [9.17, 15) is 24.0 Å². The van der Waals surface area contributed by atoms with Crippen LogP contribution < -0.4 is 15.5 Å². The highest BCUT2D eigenvalue weighted by molar-refractivity contribution is 6.21. The van der Waals surface area contributed by atoms with Crippen molar-refractivity contribution >= 4 is 35.7 Å². The Balaban J connectivity index is 1.83. The van der Waals surface area contributed by atoms with Crippen LogP contribution in [0, 0.1) is 0 Å². The molecule has 4 amide bonds. The summed E-state index contributed by atoms with van der Waals surface area (Å²) in [5.41, 5.74) is 0.119. The van der Waals surface area contributed by atoms with Crippen LogP contribution in [0.4, 0.5) is 15.3 Å². The number of carbonyl (C=O) groups is 5. The average molecular weight is 407 g/mol. The molecule has 156 valence electrons. The molecule has 1 aromatic carbocycles. The van der Waals surface area contributed by atoms with Crippen molar-refractivity contribution in [1.82, 2.24) is 10.6 Å². The number of nitrogens with one attached hydrogen (secondary N) is 2. The molecule has 11 heteroatoms. The quantitative estimate of drug-likeness (QED) is 0.252. The van der Waals surface area contributed by atoms with Crippen molar-refractivity contribution in [3.05, 3.63) is 29.8 Å². The number of carbonyl (C=O) groups excluding carboxylic acids is 4. The topological polar surface area (TPSA) is 151 Å². The van der Waals surface area contributed by atoms with Crippen molar-refractivity contribution in [3.8, 4) is 0 Å². The van der Waals surface area contributed by atoms with E-state index in [0.717, 1.165) is 4.90 Å². The number of hydrogen-bond donors (Lipinski definition) is 3. The van der Waals surface area contributed by atoms with Crippen LogP contribution in [0.25, 0.3) is 0 Å². The minimum Gasteiger partial charge on any atom is -0.478 e. The van der Waals surface area contributed by atoms with Gasteiger partial charge in [-0.2, -0.15) is 0 Å². The van der Waals surface area contributed by atoms with Gasteiger partial charge in [0, 0.05) is 20.4 Å². The standard InChI is InChI=1S/C18H21N3O8/c1-10(22)28-11(2)29-18(27)19-8-4-7-14-15(23)21(17(26)20-14)13-6-3-5-12(9-13)16(24)25/h3,5-6,9,11,14H,4,7-8H2,1-2H3,(H,19,27)(H,20,26)(H,24,25)/t11-,14?/m0/s1. The zero-order valence-corrected chi connectivity index (χ0v) is 15.8. The van der Waals surface area contributed by atoms with Crippen molar-refractivity contribution in [2.24, 2.45) is 0 Å². The zero-order valence-electron chi connectivity index (χ0n) is 15.8. The Hall–Kier alpha value is -3.63. The molecule has 29 heavy (non-hydrogen) atoms. The van der Waals surface area contributed by atoms with Crippen molar-refractivity contribution in [2.75, 3.05) is 11.4 Å². The van der Waals surface area contributed by atoms with E-state index < -0.39 is 42.3 Å². The number of nitrogens with zero attached hydrogens (tertiary/aromatic N) is 1. The van der Waals surface area contributed by atoms with Crippen LogP contribution in [0.1, 0.15) is 37.0 Å². The van der Waals surface area contributed by atoms with Crippen molar-refractivity contribution in [3.63, 3.8) is 0 Å². The third-order valence-corrected chi connectivity index (χ3v) is 3.91.